The second kappa shape index (κ2) is 12.6. The molecule has 0 radical (unpaired) electrons. The molecular weight excluding hydrogens is 296 g/mol. The molecule has 0 aromatic rings. The smallest absolute Gasteiger partial charge is 0.344 e. The molecule has 0 N–H and O–H groups in total. The topological polar surface area (TPSA) is 105 Å². The number of hydrogen-bond donors (Lipinski definition) is 0. The van der Waals surface area contributed by atoms with Crippen LogP contribution in [0.4, 0.5) is 0 Å². The van der Waals surface area contributed by atoms with E-state index in [0.717, 1.165) is 0 Å². The summed E-state index contributed by atoms with van der Waals surface area (Å²) in [6.45, 7) is 2.94. The lowest BCUT2D eigenvalue weighted by atomic mass is 10.2. The normalized spacial score (nSPS) is 9.73. The first-order valence-electron chi connectivity index (χ1n) is 7.12. The fourth-order valence-electron chi connectivity index (χ4n) is 1.37. The number of hydrogen-bond acceptors (Lipinski definition) is 8. The van der Waals surface area contributed by atoms with Gasteiger partial charge < -0.3 is 18.9 Å². The van der Waals surface area contributed by atoms with Gasteiger partial charge in [0.05, 0.1) is 13.2 Å². The van der Waals surface area contributed by atoms with E-state index in [-0.39, 0.29) is 26.1 Å². The number of esters is 4. The van der Waals surface area contributed by atoms with Gasteiger partial charge in [-0.15, -0.1) is 0 Å². The number of carbonyl (C=O) groups excluding carboxylic acids is 4. The first kappa shape index (κ1) is 19.9. The number of unbranched alkanes of at least 4 members (excludes halogenated alkanes) is 1. The molecule has 0 amide bonds. The van der Waals surface area contributed by atoms with Crippen molar-refractivity contribution in [3.63, 3.8) is 0 Å². The fourth-order valence-corrected chi connectivity index (χ4v) is 1.37. The largest absolute Gasteiger partial charge is 0.463 e. The van der Waals surface area contributed by atoms with Crippen LogP contribution >= 0.6 is 0 Å². The van der Waals surface area contributed by atoms with E-state index in [1.807, 2.05) is 0 Å². The Balaban J connectivity index is 3.58. The van der Waals surface area contributed by atoms with Crippen LogP contribution < -0.4 is 0 Å². The van der Waals surface area contributed by atoms with Gasteiger partial charge in [-0.05, 0) is 26.7 Å². The van der Waals surface area contributed by atoms with Gasteiger partial charge in [0.2, 0.25) is 0 Å². The summed E-state index contributed by atoms with van der Waals surface area (Å²) in [7, 11) is 0. The molecule has 0 unspecified atom stereocenters. The fraction of sp³-hybridized carbons (Fsp3) is 0.714. The van der Waals surface area contributed by atoms with Gasteiger partial charge in [0, 0.05) is 12.8 Å². The van der Waals surface area contributed by atoms with E-state index >= 15 is 0 Å². The maximum absolute atomic E-state index is 11.3. The maximum Gasteiger partial charge on any atom is 0.344 e. The summed E-state index contributed by atoms with van der Waals surface area (Å²) in [5.41, 5.74) is 0. The Hall–Kier alpha value is -2.12. The monoisotopic (exact) mass is 318 g/mol. The van der Waals surface area contributed by atoms with Crippen molar-refractivity contribution in [1.82, 2.24) is 0 Å². The van der Waals surface area contributed by atoms with Crippen molar-refractivity contribution < 1.29 is 38.1 Å². The first-order chi connectivity index (χ1) is 10.5. The highest BCUT2D eigenvalue weighted by molar-refractivity contribution is 5.77. The van der Waals surface area contributed by atoms with Gasteiger partial charge >= 0.3 is 23.9 Å². The number of rotatable bonds is 11. The Morgan fingerprint density at radius 2 is 0.955 bits per heavy atom. The van der Waals surface area contributed by atoms with Crippen molar-refractivity contribution in [2.45, 2.75) is 39.5 Å². The molecule has 22 heavy (non-hydrogen) atoms. The highest BCUT2D eigenvalue weighted by Gasteiger charge is 2.10. The summed E-state index contributed by atoms with van der Waals surface area (Å²) in [5.74, 6) is -2.27. The molecule has 0 aliphatic carbocycles. The Morgan fingerprint density at radius 3 is 1.27 bits per heavy atom. The van der Waals surface area contributed by atoms with Gasteiger partial charge in [0.15, 0.2) is 13.2 Å². The Kier molecular flexibility index (Phi) is 11.4. The van der Waals surface area contributed by atoms with Gasteiger partial charge in [-0.1, -0.05) is 0 Å². The van der Waals surface area contributed by atoms with Crippen LogP contribution in [0.25, 0.3) is 0 Å². The van der Waals surface area contributed by atoms with Crippen LogP contribution in [0, 0.1) is 0 Å². The molecule has 126 valence electrons. The zero-order chi connectivity index (χ0) is 16.8. The minimum absolute atomic E-state index is 0.0879. The van der Waals surface area contributed by atoms with Crippen LogP contribution in [-0.4, -0.2) is 50.3 Å². The van der Waals surface area contributed by atoms with E-state index in [4.69, 9.17) is 0 Å². The van der Waals surface area contributed by atoms with E-state index in [1.165, 1.54) is 0 Å². The molecule has 0 heterocycles. The zero-order valence-electron chi connectivity index (χ0n) is 12.9. The minimum atomic E-state index is -0.599. The highest BCUT2D eigenvalue weighted by Crippen LogP contribution is 2.03. The van der Waals surface area contributed by atoms with Crippen molar-refractivity contribution in [3.8, 4) is 0 Å². The number of carbonyl (C=O) groups is 4. The first-order valence-corrected chi connectivity index (χ1v) is 7.12. The summed E-state index contributed by atoms with van der Waals surface area (Å²) >= 11 is 0. The predicted molar refractivity (Wildman–Crippen MR) is 73.7 cm³/mol. The second-order valence-corrected chi connectivity index (χ2v) is 4.14. The third kappa shape index (κ3) is 11.7. The zero-order valence-corrected chi connectivity index (χ0v) is 12.9. The molecule has 0 aliphatic rings. The molecule has 8 heteroatoms. The SMILES string of the molecule is CCOC(=O)COC(=O)CCCCC(=O)OCC(=O)OCC. The van der Waals surface area contributed by atoms with Crippen LogP contribution in [0.3, 0.4) is 0 Å². The highest BCUT2D eigenvalue weighted by atomic mass is 16.6. The van der Waals surface area contributed by atoms with Crippen molar-refractivity contribution in [1.29, 1.82) is 0 Å². The summed E-state index contributed by atoms with van der Waals surface area (Å²) in [5, 5.41) is 0. The van der Waals surface area contributed by atoms with E-state index in [0.29, 0.717) is 12.8 Å². The standard InChI is InChI=1S/C14H22O8/c1-3-19-13(17)9-21-11(15)7-5-6-8-12(16)22-10-14(18)20-4-2/h3-10H2,1-2H3. The van der Waals surface area contributed by atoms with Crippen LogP contribution in [-0.2, 0) is 38.1 Å². The Morgan fingerprint density at radius 1 is 0.591 bits per heavy atom. The molecule has 0 aromatic heterocycles. The summed E-state index contributed by atoms with van der Waals surface area (Å²) in [6, 6.07) is 0. The van der Waals surface area contributed by atoms with Crippen LogP contribution in [0.2, 0.25) is 0 Å². The third-order valence-electron chi connectivity index (χ3n) is 2.32. The Labute approximate surface area is 129 Å². The van der Waals surface area contributed by atoms with Gasteiger partial charge in [-0.3, -0.25) is 9.59 Å². The average Bonchev–Trinajstić information content (AvgIpc) is 2.48. The molecule has 0 bridgehead atoms. The molecule has 0 atom stereocenters. The van der Waals surface area contributed by atoms with E-state index in [2.05, 4.69) is 18.9 Å². The molecule has 0 aromatic carbocycles. The van der Waals surface area contributed by atoms with Gasteiger partial charge in [0.1, 0.15) is 0 Å². The predicted octanol–water partition coefficient (Wildman–Crippen LogP) is 0.759. The van der Waals surface area contributed by atoms with Crippen LogP contribution in [0.5, 0.6) is 0 Å². The van der Waals surface area contributed by atoms with E-state index < -0.39 is 37.1 Å². The lowest BCUT2D eigenvalue weighted by Crippen LogP contribution is -2.17. The summed E-state index contributed by atoms with van der Waals surface area (Å²) in [4.78, 5) is 44.4. The molecule has 0 rings (SSSR count). The van der Waals surface area contributed by atoms with Crippen LogP contribution in [0.15, 0.2) is 0 Å². The van der Waals surface area contributed by atoms with Gasteiger partial charge in [-0.25, -0.2) is 9.59 Å². The molecule has 0 saturated carbocycles. The van der Waals surface area contributed by atoms with Crippen molar-refractivity contribution >= 4 is 23.9 Å². The quantitative estimate of drug-likeness (QED) is 0.312. The summed E-state index contributed by atoms with van der Waals surface area (Å²) < 4.78 is 18.6. The van der Waals surface area contributed by atoms with Gasteiger partial charge in [0.25, 0.3) is 0 Å². The Bertz CT molecular complexity index is 341. The van der Waals surface area contributed by atoms with E-state index in [1.54, 1.807) is 13.8 Å². The minimum Gasteiger partial charge on any atom is -0.463 e. The molecular formula is C14H22O8. The molecule has 0 saturated heterocycles. The molecule has 0 aliphatic heterocycles. The molecule has 0 fully saturated rings. The molecule has 8 nitrogen and oxygen atoms in total. The van der Waals surface area contributed by atoms with Crippen molar-refractivity contribution in [2.24, 2.45) is 0 Å². The third-order valence-corrected chi connectivity index (χ3v) is 2.32. The van der Waals surface area contributed by atoms with E-state index in [9.17, 15) is 19.2 Å². The molecule has 0 spiro atoms. The van der Waals surface area contributed by atoms with Crippen molar-refractivity contribution in [2.75, 3.05) is 26.4 Å². The average molecular weight is 318 g/mol. The maximum atomic E-state index is 11.3. The van der Waals surface area contributed by atoms with Crippen molar-refractivity contribution in [3.05, 3.63) is 0 Å². The lowest BCUT2D eigenvalue weighted by molar-refractivity contribution is -0.159. The lowest BCUT2D eigenvalue weighted by Gasteiger charge is -2.05. The van der Waals surface area contributed by atoms with Crippen LogP contribution in [0.1, 0.15) is 39.5 Å². The second-order valence-electron chi connectivity index (χ2n) is 4.14. The summed E-state index contributed by atoms with van der Waals surface area (Å²) in [6.07, 6.45) is 1.00. The number of ether oxygens (including phenoxy) is 4. The van der Waals surface area contributed by atoms with Gasteiger partial charge in [-0.2, -0.15) is 0 Å².